The van der Waals surface area contributed by atoms with E-state index in [1.165, 1.54) is 44.9 Å². The van der Waals surface area contributed by atoms with E-state index in [-0.39, 0.29) is 5.69 Å². The topological polar surface area (TPSA) is 59.9 Å². The third-order valence-corrected chi connectivity index (χ3v) is 7.46. The van der Waals surface area contributed by atoms with Crippen molar-refractivity contribution in [1.29, 1.82) is 0 Å². The standard InChI is InChI=1S/C18H29N3O2S/c1-23-5-2-4-21-16(22)19-20-17(21)24-6-3-18-10-13-7-14(11-18)9-15(8-13)12-18/h13-15H,2-12H2,1H3,(H,19,22). The molecule has 4 aliphatic rings. The lowest BCUT2D eigenvalue weighted by atomic mass is 9.49. The van der Waals surface area contributed by atoms with Crippen LogP contribution in [-0.2, 0) is 11.3 Å². The van der Waals surface area contributed by atoms with Gasteiger partial charge in [0, 0.05) is 26.0 Å². The first-order valence-electron chi connectivity index (χ1n) is 9.44. The minimum atomic E-state index is -0.0941. The molecular weight excluding hydrogens is 322 g/mol. The van der Waals surface area contributed by atoms with E-state index in [9.17, 15) is 4.79 Å². The van der Waals surface area contributed by atoms with E-state index in [4.69, 9.17) is 4.74 Å². The Morgan fingerprint density at radius 1 is 1.25 bits per heavy atom. The van der Waals surface area contributed by atoms with Gasteiger partial charge in [0.25, 0.3) is 0 Å². The van der Waals surface area contributed by atoms with Crippen LogP contribution in [0.15, 0.2) is 9.95 Å². The van der Waals surface area contributed by atoms with Crippen LogP contribution >= 0.6 is 11.8 Å². The Hall–Kier alpha value is -0.750. The first kappa shape index (κ1) is 16.7. The molecule has 4 saturated carbocycles. The van der Waals surface area contributed by atoms with E-state index in [0.717, 1.165) is 35.1 Å². The Morgan fingerprint density at radius 3 is 2.54 bits per heavy atom. The minimum Gasteiger partial charge on any atom is -0.385 e. The van der Waals surface area contributed by atoms with Gasteiger partial charge in [0.2, 0.25) is 0 Å². The second kappa shape index (κ2) is 6.87. The van der Waals surface area contributed by atoms with Crippen LogP contribution in [0.3, 0.4) is 0 Å². The Bertz CT molecular complexity index is 589. The third-order valence-electron chi connectivity index (χ3n) is 6.48. The van der Waals surface area contributed by atoms with Gasteiger partial charge in [0.1, 0.15) is 0 Å². The summed E-state index contributed by atoms with van der Waals surface area (Å²) < 4.78 is 6.85. The van der Waals surface area contributed by atoms with Crippen LogP contribution in [0, 0.1) is 23.2 Å². The van der Waals surface area contributed by atoms with E-state index in [0.29, 0.717) is 18.6 Å². The quantitative estimate of drug-likeness (QED) is 0.577. The van der Waals surface area contributed by atoms with Crippen molar-refractivity contribution in [3.63, 3.8) is 0 Å². The van der Waals surface area contributed by atoms with Crippen molar-refractivity contribution in [3.05, 3.63) is 10.5 Å². The van der Waals surface area contributed by atoms with Crippen LogP contribution in [0.1, 0.15) is 51.4 Å². The summed E-state index contributed by atoms with van der Waals surface area (Å²) in [6, 6.07) is 0. The predicted molar refractivity (Wildman–Crippen MR) is 95.3 cm³/mol. The van der Waals surface area contributed by atoms with Gasteiger partial charge >= 0.3 is 5.69 Å². The largest absolute Gasteiger partial charge is 0.385 e. The van der Waals surface area contributed by atoms with Crippen molar-refractivity contribution in [1.82, 2.24) is 14.8 Å². The predicted octanol–water partition coefficient (Wildman–Crippen LogP) is 3.31. The maximum absolute atomic E-state index is 11.9. The average Bonchev–Trinajstić information content (AvgIpc) is 2.87. The summed E-state index contributed by atoms with van der Waals surface area (Å²) in [5.41, 5.74) is 0.516. The van der Waals surface area contributed by atoms with Gasteiger partial charge in [-0.15, -0.1) is 5.10 Å². The van der Waals surface area contributed by atoms with E-state index in [1.807, 2.05) is 0 Å². The van der Waals surface area contributed by atoms with Crippen molar-refractivity contribution >= 4 is 11.8 Å². The van der Waals surface area contributed by atoms with Crippen LogP contribution in [0.4, 0.5) is 0 Å². The summed E-state index contributed by atoms with van der Waals surface area (Å²) in [4.78, 5) is 11.9. The molecule has 24 heavy (non-hydrogen) atoms. The number of ether oxygens (including phenoxy) is 1. The van der Waals surface area contributed by atoms with Crippen LogP contribution in [0.5, 0.6) is 0 Å². The number of aromatic nitrogens is 3. The molecule has 1 aromatic rings. The molecule has 134 valence electrons. The fraction of sp³-hybridized carbons (Fsp3) is 0.889. The highest BCUT2D eigenvalue weighted by atomic mass is 32.2. The van der Waals surface area contributed by atoms with Crippen molar-refractivity contribution in [2.24, 2.45) is 23.2 Å². The number of H-pyrrole nitrogens is 1. The molecule has 0 spiro atoms. The molecule has 0 amide bonds. The molecule has 1 N–H and O–H groups in total. The van der Waals surface area contributed by atoms with Crippen LogP contribution in [0.2, 0.25) is 0 Å². The number of aromatic amines is 1. The van der Waals surface area contributed by atoms with Crippen LogP contribution < -0.4 is 5.69 Å². The van der Waals surface area contributed by atoms with Gasteiger partial charge in [-0.2, -0.15) is 0 Å². The maximum Gasteiger partial charge on any atom is 0.343 e. The molecule has 5 nitrogen and oxygen atoms in total. The van der Waals surface area contributed by atoms with Gasteiger partial charge in [0.15, 0.2) is 5.16 Å². The van der Waals surface area contributed by atoms with Crippen molar-refractivity contribution in [2.45, 2.75) is 63.1 Å². The molecule has 6 heteroatoms. The molecule has 0 aromatic carbocycles. The molecule has 1 aromatic heterocycles. The lowest BCUT2D eigenvalue weighted by molar-refractivity contribution is -0.0538. The average molecular weight is 352 g/mol. The zero-order valence-corrected chi connectivity index (χ0v) is 15.4. The van der Waals surface area contributed by atoms with Crippen molar-refractivity contribution < 1.29 is 4.74 Å². The summed E-state index contributed by atoms with van der Waals surface area (Å²) in [6.07, 6.45) is 11.0. The summed E-state index contributed by atoms with van der Waals surface area (Å²) in [6.45, 7) is 1.36. The number of hydrogen-bond acceptors (Lipinski definition) is 4. The molecule has 0 radical (unpaired) electrons. The zero-order chi connectivity index (χ0) is 16.6. The number of rotatable bonds is 8. The molecule has 0 saturated heterocycles. The number of nitrogens with one attached hydrogen (secondary N) is 1. The van der Waals surface area contributed by atoms with E-state index < -0.39 is 0 Å². The minimum absolute atomic E-state index is 0.0941. The van der Waals surface area contributed by atoms with Crippen LogP contribution in [0.25, 0.3) is 0 Å². The summed E-state index contributed by atoms with van der Waals surface area (Å²) in [7, 11) is 1.69. The van der Waals surface area contributed by atoms with Gasteiger partial charge in [-0.25, -0.2) is 9.89 Å². The van der Waals surface area contributed by atoms with Gasteiger partial charge < -0.3 is 4.74 Å². The molecule has 4 bridgehead atoms. The number of hydrogen-bond donors (Lipinski definition) is 1. The number of nitrogens with zero attached hydrogens (tertiary/aromatic N) is 2. The first-order valence-corrected chi connectivity index (χ1v) is 10.4. The van der Waals surface area contributed by atoms with E-state index in [1.54, 1.807) is 23.4 Å². The molecular formula is C18H29N3O2S. The van der Waals surface area contributed by atoms with Gasteiger partial charge in [-0.1, -0.05) is 11.8 Å². The van der Waals surface area contributed by atoms with E-state index in [2.05, 4.69) is 10.2 Å². The zero-order valence-electron chi connectivity index (χ0n) is 14.6. The van der Waals surface area contributed by atoms with E-state index >= 15 is 0 Å². The summed E-state index contributed by atoms with van der Waals surface area (Å²) in [5.74, 6) is 4.12. The molecule has 0 aliphatic heterocycles. The lowest BCUT2D eigenvalue weighted by Crippen LogP contribution is -2.46. The maximum atomic E-state index is 11.9. The Balaban J connectivity index is 1.34. The van der Waals surface area contributed by atoms with Crippen LogP contribution in [-0.4, -0.2) is 34.2 Å². The molecule has 5 rings (SSSR count). The Labute approximate surface area is 147 Å². The monoisotopic (exact) mass is 351 g/mol. The molecule has 4 aliphatic carbocycles. The van der Waals surface area contributed by atoms with Gasteiger partial charge in [-0.05, 0) is 74.5 Å². The van der Waals surface area contributed by atoms with Gasteiger partial charge in [0.05, 0.1) is 0 Å². The highest BCUT2D eigenvalue weighted by Crippen LogP contribution is 2.61. The molecule has 4 fully saturated rings. The Kier molecular flexibility index (Phi) is 4.78. The number of methoxy groups -OCH3 is 1. The lowest BCUT2D eigenvalue weighted by Gasteiger charge is -2.57. The second-order valence-electron chi connectivity index (χ2n) is 8.33. The molecule has 0 unspecified atom stereocenters. The smallest absolute Gasteiger partial charge is 0.343 e. The number of thioether (sulfide) groups is 1. The Morgan fingerprint density at radius 2 is 1.92 bits per heavy atom. The summed E-state index contributed by atoms with van der Waals surface area (Å²) in [5, 5.41) is 7.68. The van der Waals surface area contributed by atoms with Crippen molar-refractivity contribution in [3.8, 4) is 0 Å². The van der Waals surface area contributed by atoms with Gasteiger partial charge in [-0.3, -0.25) is 4.57 Å². The highest BCUT2D eigenvalue weighted by Gasteiger charge is 2.50. The highest BCUT2D eigenvalue weighted by molar-refractivity contribution is 7.99. The summed E-state index contributed by atoms with van der Waals surface area (Å²) >= 11 is 1.75. The SMILES string of the molecule is COCCCn1c(SCCC23CC4CC(CC(C4)C2)C3)n[nH]c1=O. The molecule has 0 atom stereocenters. The second-order valence-corrected chi connectivity index (χ2v) is 9.39. The fourth-order valence-corrected chi connectivity index (χ4v) is 7.09. The van der Waals surface area contributed by atoms with Crippen molar-refractivity contribution in [2.75, 3.05) is 19.5 Å². The normalized spacial score (nSPS) is 34.1. The first-order chi connectivity index (χ1) is 11.7. The fourth-order valence-electron chi connectivity index (χ4n) is 5.93. The molecule has 1 heterocycles. The third kappa shape index (κ3) is 3.32.